The zero-order chi connectivity index (χ0) is 23.5. The van der Waals surface area contributed by atoms with Gasteiger partial charge in [0.05, 0.1) is 23.2 Å². The Labute approximate surface area is 194 Å². The molecule has 3 amide bonds. The SMILES string of the molecule is CSCCC1NC2(C(=O)Nc3ccccc32)C2C(=O)N(c3cc(N([O-])O)ccc3C)C(=O)C12. The quantitative estimate of drug-likeness (QED) is 0.452. The van der Waals surface area contributed by atoms with Gasteiger partial charge in [0.2, 0.25) is 17.7 Å². The van der Waals surface area contributed by atoms with Crippen molar-refractivity contribution in [2.45, 2.75) is 24.9 Å². The molecule has 3 heterocycles. The van der Waals surface area contributed by atoms with Crippen LogP contribution < -0.4 is 20.8 Å². The summed E-state index contributed by atoms with van der Waals surface area (Å²) in [6, 6.07) is 11.1. The highest BCUT2D eigenvalue weighted by molar-refractivity contribution is 7.98. The summed E-state index contributed by atoms with van der Waals surface area (Å²) in [5.74, 6) is -2.16. The van der Waals surface area contributed by atoms with Crippen molar-refractivity contribution in [1.82, 2.24) is 5.32 Å². The van der Waals surface area contributed by atoms with Crippen LogP contribution in [0.4, 0.5) is 17.1 Å². The van der Waals surface area contributed by atoms with Crippen LogP contribution in [0.5, 0.6) is 0 Å². The monoisotopic (exact) mass is 467 g/mol. The molecular formula is C23H23N4O5S-. The second kappa shape index (κ2) is 7.84. The number of thioether (sulfide) groups is 1. The molecule has 2 aromatic carbocycles. The molecule has 10 heteroatoms. The lowest BCUT2D eigenvalue weighted by Gasteiger charge is -2.30. The molecule has 2 aromatic rings. The van der Waals surface area contributed by atoms with Crippen molar-refractivity contribution in [1.29, 1.82) is 0 Å². The number of nitrogens with zero attached hydrogens (tertiary/aromatic N) is 2. The van der Waals surface area contributed by atoms with E-state index in [0.717, 1.165) is 10.7 Å². The van der Waals surface area contributed by atoms with Crippen LogP contribution in [0.2, 0.25) is 0 Å². The minimum Gasteiger partial charge on any atom is -0.733 e. The fraction of sp³-hybridized carbons (Fsp3) is 0.348. The molecule has 3 aliphatic heterocycles. The Morgan fingerprint density at radius 2 is 1.94 bits per heavy atom. The summed E-state index contributed by atoms with van der Waals surface area (Å²) in [6.07, 6.45) is 2.57. The van der Waals surface area contributed by atoms with Crippen molar-refractivity contribution in [3.05, 3.63) is 58.8 Å². The molecule has 33 heavy (non-hydrogen) atoms. The van der Waals surface area contributed by atoms with Gasteiger partial charge in [-0.15, -0.1) is 0 Å². The number of fused-ring (bicyclic) bond motifs is 4. The molecule has 3 aliphatic rings. The van der Waals surface area contributed by atoms with E-state index in [0.29, 0.717) is 23.2 Å². The first-order chi connectivity index (χ1) is 15.8. The van der Waals surface area contributed by atoms with Crippen LogP contribution in [0, 0.1) is 24.0 Å². The van der Waals surface area contributed by atoms with Crippen molar-refractivity contribution < 1.29 is 19.6 Å². The van der Waals surface area contributed by atoms with Crippen LogP contribution in [0.15, 0.2) is 42.5 Å². The van der Waals surface area contributed by atoms with E-state index in [1.54, 1.807) is 30.8 Å². The van der Waals surface area contributed by atoms with E-state index in [1.807, 2.05) is 24.5 Å². The van der Waals surface area contributed by atoms with Crippen LogP contribution in [-0.4, -0.2) is 41.0 Å². The molecule has 0 saturated carbocycles. The van der Waals surface area contributed by atoms with Crippen molar-refractivity contribution in [2.24, 2.45) is 11.8 Å². The number of hydrogen-bond donors (Lipinski definition) is 3. The average molecular weight is 468 g/mol. The van der Waals surface area contributed by atoms with Crippen LogP contribution in [-0.2, 0) is 19.9 Å². The van der Waals surface area contributed by atoms with Gasteiger partial charge in [0.1, 0.15) is 5.54 Å². The first-order valence-corrected chi connectivity index (χ1v) is 12.0. The first-order valence-electron chi connectivity index (χ1n) is 10.6. The number of aryl methyl sites for hydroxylation is 1. The summed E-state index contributed by atoms with van der Waals surface area (Å²) in [5.41, 5.74) is 0.672. The summed E-state index contributed by atoms with van der Waals surface area (Å²) < 4.78 is 0. The number of hydrogen-bond acceptors (Lipinski definition) is 8. The number of carbonyl (C=O) groups is 3. The Morgan fingerprint density at radius 3 is 2.67 bits per heavy atom. The van der Waals surface area contributed by atoms with Gasteiger partial charge in [0.25, 0.3) is 0 Å². The maximum atomic E-state index is 13.9. The number of para-hydroxylation sites is 1. The topological polar surface area (TPSA) is 125 Å². The summed E-state index contributed by atoms with van der Waals surface area (Å²) in [4.78, 5) is 42.1. The molecule has 2 saturated heterocycles. The summed E-state index contributed by atoms with van der Waals surface area (Å²) in [6.45, 7) is 1.72. The fourth-order valence-electron chi connectivity index (χ4n) is 5.45. The van der Waals surface area contributed by atoms with Gasteiger partial charge < -0.3 is 15.8 Å². The van der Waals surface area contributed by atoms with Crippen molar-refractivity contribution in [2.75, 3.05) is 27.5 Å². The molecule has 172 valence electrons. The molecule has 0 aromatic heterocycles. The average Bonchev–Trinajstić information content (AvgIpc) is 3.37. The zero-order valence-electron chi connectivity index (χ0n) is 18.1. The Bertz CT molecular complexity index is 1170. The molecule has 2 fully saturated rings. The lowest BCUT2D eigenvalue weighted by Crippen LogP contribution is -2.53. The highest BCUT2D eigenvalue weighted by Gasteiger charge is 2.70. The summed E-state index contributed by atoms with van der Waals surface area (Å²) in [5, 5.41) is 26.8. The summed E-state index contributed by atoms with van der Waals surface area (Å²) >= 11 is 1.63. The van der Waals surface area contributed by atoms with E-state index >= 15 is 0 Å². The van der Waals surface area contributed by atoms with E-state index in [4.69, 9.17) is 0 Å². The molecule has 9 nitrogen and oxygen atoms in total. The molecule has 4 unspecified atom stereocenters. The number of benzene rings is 2. The largest absolute Gasteiger partial charge is 0.733 e. The summed E-state index contributed by atoms with van der Waals surface area (Å²) in [7, 11) is 0. The lowest BCUT2D eigenvalue weighted by molar-refractivity contribution is -0.130. The van der Waals surface area contributed by atoms with Crippen molar-refractivity contribution in [3.63, 3.8) is 0 Å². The van der Waals surface area contributed by atoms with Gasteiger partial charge in [-0.05, 0) is 49.1 Å². The normalized spacial score (nSPS) is 27.8. The standard InChI is InChI=1S/C23H23N4O5S/c1-12-7-8-13(27(31)32)11-17(12)26-20(28)18-16(9-10-33-2)25-23(19(18)21(26)29)14-5-3-4-6-15(14)24-22(23)30/h3-8,11,16,18-19,25,31H,9-10H2,1-2H3,(H,24,30)/q-1. The Hall–Kier alpha value is -2.92. The highest BCUT2D eigenvalue weighted by atomic mass is 32.2. The van der Waals surface area contributed by atoms with Gasteiger partial charge in [-0.3, -0.25) is 24.9 Å². The third kappa shape index (κ3) is 3.02. The number of rotatable bonds is 5. The number of carbonyl (C=O) groups excluding carboxylic acids is 3. The van der Waals surface area contributed by atoms with Gasteiger partial charge in [0, 0.05) is 17.3 Å². The van der Waals surface area contributed by atoms with Crippen molar-refractivity contribution in [3.8, 4) is 0 Å². The van der Waals surface area contributed by atoms with Crippen LogP contribution >= 0.6 is 11.8 Å². The Kier molecular flexibility index (Phi) is 5.20. The second-order valence-corrected chi connectivity index (χ2v) is 9.58. The Morgan fingerprint density at radius 1 is 1.18 bits per heavy atom. The molecule has 5 rings (SSSR count). The molecular weight excluding hydrogens is 444 g/mol. The first kappa shape index (κ1) is 21.9. The van der Waals surface area contributed by atoms with Crippen LogP contribution in [0.1, 0.15) is 17.5 Å². The maximum Gasteiger partial charge on any atom is 0.250 e. The minimum atomic E-state index is -1.35. The predicted octanol–water partition coefficient (Wildman–Crippen LogP) is 2.37. The van der Waals surface area contributed by atoms with E-state index in [9.17, 15) is 24.8 Å². The van der Waals surface area contributed by atoms with E-state index in [2.05, 4.69) is 10.6 Å². The Balaban J connectivity index is 1.65. The number of amides is 3. The third-order valence-corrected chi connectivity index (χ3v) is 7.55. The zero-order valence-corrected chi connectivity index (χ0v) is 18.9. The predicted molar refractivity (Wildman–Crippen MR) is 125 cm³/mol. The molecule has 0 bridgehead atoms. The molecule has 3 N–H and O–H groups in total. The molecule has 0 radical (unpaired) electrons. The van der Waals surface area contributed by atoms with E-state index in [-0.39, 0.29) is 28.6 Å². The van der Waals surface area contributed by atoms with Gasteiger partial charge in [0.15, 0.2) is 0 Å². The fourth-order valence-corrected chi connectivity index (χ4v) is 5.94. The molecule has 4 atom stereocenters. The third-order valence-electron chi connectivity index (χ3n) is 6.91. The highest BCUT2D eigenvalue weighted by Crippen LogP contribution is 2.54. The number of imide groups is 1. The van der Waals surface area contributed by atoms with Crippen molar-refractivity contribution >= 4 is 46.5 Å². The smallest absolute Gasteiger partial charge is 0.250 e. The van der Waals surface area contributed by atoms with E-state index in [1.165, 1.54) is 12.1 Å². The molecule has 1 spiro atoms. The van der Waals surface area contributed by atoms with Gasteiger partial charge in [-0.25, -0.2) is 4.90 Å². The second-order valence-electron chi connectivity index (χ2n) is 8.60. The van der Waals surface area contributed by atoms with Crippen LogP contribution in [0.25, 0.3) is 0 Å². The number of anilines is 3. The van der Waals surface area contributed by atoms with Gasteiger partial charge in [-0.1, -0.05) is 24.3 Å². The van der Waals surface area contributed by atoms with E-state index < -0.39 is 29.2 Å². The maximum absolute atomic E-state index is 13.9. The minimum absolute atomic E-state index is 0.0935. The number of nitrogens with one attached hydrogen (secondary N) is 2. The van der Waals surface area contributed by atoms with Gasteiger partial charge in [-0.2, -0.15) is 11.8 Å². The van der Waals surface area contributed by atoms with Crippen LogP contribution in [0.3, 0.4) is 0 Å². The van der Waals surface area contributed by atoms with Gasteiger partial charge >= 0.3 is 0 Å². The molecule has 0 aliphatic carbocycles. The lowest BCUT2D eigenvalue weighted by atomic mass is 9.76.